The predicted molar refractivity (Wildman–Crippen MR) is 75.8 cm³/mol. The van der Waals surface area contributed by atoms with Crippen molar-refractivity contribution in [3.63, 3.8) is 0 Å². The molecule has 0 radical (unpaired) electrons. The lowest BCUT2D eigenvalue weighted by Crippen LogP contribution is -1.96. The molecule has 0 bridgehead atoms. The molecular formula is C16H32. The number of hydrogen-bond acceptors (Lipinski definition) is 0. The zero-order chi connectivity index (χ0) is 12.2. The fourth-order valence-corrected chi connectivity index (χ4v) is 2.03. The number of rotatable bonds is 10. The third-order valence-electron chi connectivity index (χ3n) is 3.54. The van der Waals surface area contributed by atoms with Crippen molar-refractivity contribution in [1.82, 2.24) is 0 Å². The van der Waals surface area contributed by atoms with Gasteiger partial charge in [-0.2, -0.15) is 0 Å². The van der Waals surface area contributed by atoms with Gasteiger partial charge in [0.2, 0.25) is 0 Å². The van der Waals surface area contributed by atoms with Crippen LogP contribution >= 0.6 is 0 Å². The molecule has 0 rings (SSSR count). The van der Waals surface area contributed by atoms with Gasteiger partial charge in [-0.15, -0.1) is 0 Å². The van der Waals surface area contributed by atoms with E-state index >= 15 is 0 Å². The van der Waals surface area contributed by atoms with Crippen molar-refractivity contribution in [2.24, 2.45) is 5.92 Å². The summed E-state index contributed by atoms with van der Waals surface area (Å²) in [7, 11) is 0. The summed E-state index contributed by atoms with van der Waals surface area (Å²) in [5, 5.41) is 0. The van der Waals surface area contributed by atoms with E-state index in [4.69, 9.17) is 0 Å². The Kier molecular flexibility index (Phi) is 11.0. The first kappa shape index (κ1) is 15.7. The van der Waals surface area contributed by atoms with Gasteiger partial charge in [-0.25, -0.2) is 0 Å². The maximum atomic E-state index is 2.47. The second-order valence-corrected chi connectivity index (χ2v) is 5.19. The van der Waals surface area contributed by atoms with Gasteiger partial charge in [0.1, 0.15) is 0 Å². The van der Waals surface area contributed by atoms with E-state index in [1.54, 1.807) is 5.57 Å². The fourth-order valence-electron chi connectivity index (χ4n) is 2.03. The van der Waals surface area contributed by atoms with Crippen LogP contribution < -0.4 is 0 Å². The quantitative estimate of drug-likeness (QED) is 0.310. The standard InChI is InChI=1S/C16H32/c1-5-7-9-11-13-15(3)16(4)14-12-10-8-6-2/h13,16H,5-12,14H2,1-4H3. The van der Waals surface area contributed by atoms with Gasteiger partial charge in [0.15, 0.2) is 0 Å². The molecule has 0 spiro atoms. The van der Waals surface area contributed by atoms with Crippen LogP contribution in [0.25, 0.3) is 0 Å². The van der Waals surface area contributed by atoms with E-state index < -0.39 is 0 Å². The lowest BCUT2D eigenvalue weighted by Gasteiger charge is -2.12. The summed E-state index contributed by atoms with van der Waals surface area (Å²) < 4.78 is 0. The minimum Gasteiger partial charge on any atom is -0.0853 e. The maximum Gasteiger partial charge on any atom is -0.0234 e. The highest BCUT2D eigenvalue weighted by molar-refractivity contribution is 5.01. The molecule has 0 aliphatic rings. The summed E-state index contributed by atoms with van der Waals surface area (Å²) in [4.78, 5) is 0. The first-order valence-electron chi connectivity index (χ1n) is 7.39. The first-order valence-corrected chi connectivity index (χ1v) is 7.39. The molecule has 0 saturated heterocycles. The van der Waals surface area contributed by atoms with Crippen LogP contribution in [0.3, 0.4) is 0 Å². The van der Waals surface area contributed by atoms with Crippen molar-refractivity contribution in [2.45, 2.75) is 85.5 Å². The highest BCUT2D eigenvalue weighted by Gasteiger charge is 2.03. The third kappa shape index (κ3) is 9.00. The molecule has 0 aliphatic heterocycles. The highest BCUT2D eigenvalue weighted by Crippen LogP contribution is 2.19. The van der Waals surface area contributed by atoms with Crippen LogP contribution in [0, 0.1) is 5.92 Å². The average Bonchev–Trinajstić information content (AvgIpc) is 2.29. The summed E-state index contributed by atoms with van der Waals surface area (Å²) in [6.45, 7) is 9.25. The Morgan fingerprint density at radius 3 is 2.19 bits per heavy atom. The van der Waals surface area contributed by atoms with Crippen molar-refractivity contribution in [2.75, 3.05) is 0 Å². The lowest BCUT2D eigenvalue weighted by atomic mass is 9.94. The predicted octanol–water partition coefficient (Wildman–Crippen LogP) is 6.12. The van der Waals surface area contributed by atoms with E-state index in [-0.39, 0.29) is 0 Å². The van der Waals surface area contributed by atoms with Gasteiger partial charge in [0, 0.05) is 0 Å². The van der Waals surface area contributed by atoms with Gasteiger partial charge in [-0.1, -0.05) is 70.9 Å². The van der Waals surface area contributed by atoms with Crippen LogP contribution in [-0.2, 0) is 0 Å². The summed E-state index contributed by atoms with van der Waals surface area (Å²) >= 11 is 0. The summed E-state index contributed by atoms with van der Waals surface area (Å²) in [5.41, 5.74) is 1.62. The normalized spacial score (nSPS) is 14.1. The Bertz CT molecular complexity index is 167. The Morgan fingerprint density at radius 2 is 1.56 bits per heavy atom. The minimum absolute atomic E-state index is 0.804. The fraction of sp³-hybridized carbons (Fsp3) is 0.875. The van der Waals surface area contributed by atoms with Crippen LogP contribution in [-0.4, -0.2) is 0 Å². The Labute approximate surface area is 104 Å². The van der Waals surface area contributed by atoms with Gasteiger partial charge >= 0.3 is 0 Å². The minimum atomic E-state index is 0.804. The Hall–Kier alpha value is -0.260. The van der Waals surface area contributed by atoms with Gasteiger partial charge in [-0.3, -0.25) is 0 Å². The second-order valence-electron chi connectivity index (χ2n) is 5.19. The monoisotopic (exact) mass is 224 g/mol. The SMILES string of the molecule is CCCCCC=C(C)C(C)CCCCCC. The van der Waals surface area contributed by atoms with Gasteiger partial charge in [0.05, 0.1) is 0 Å². The average molecular weight is 224 g/mol. The maximum absolute atomic E-state index is 2.47. The first-order chi connectivity index (χ1) is 7.72. The highest BCUT2D eigenvalue weighted by atomic mass is 14.1. The van der Waals surface area contributed by atoms with E-state index in [2.05, 4.69) is 33.8 Å². The molecule has 0 aliphatic carbocycles. The van der Waals surface area contributed by atoms with Crippen molar-refractivity contribution in [1.29, 1.82) is 0 Å². The molecule has 0 aromatic heterocycles. The summed E-state index contributed by atoms with van der Waals surface area (Å²) in [6, 6.07) is 0. The van der Waals surface area contributed by atoms with E-state index in [0.29, 0.717) is 0 Å². The van der Waals surface area contributed by atoms with E-state index in [1.807, 2.05) is 0 Å². The Balaban J connectivity index is 3.58. The molecule has 0 heterocycles. The largest absolute Gasteiger partial charge is 0.0853 e. The molecule has 0 amide bonds. The number of unbranched alkanes of at least 4 members (excludes halogenated alkanes) is 6. The molecule has 16 heavy (non-hydrogen) atoms. The summed E-state index contributed by atoms with van der Waals surface area (Å²) in [5.74, 6) is 0.804. The topological polar surface area (TPSA) is 0 Å². The molecule has 96 valence electrons. The van der Waals surface area contributed by atoms with E-state index in [0.717, 1.165) is 5.92 Å². The van der Waals surface area contributed by atoms with Crippen LogP contribution in [0.15, 0.2) is 11.6 Å². The second kappa shape index (κ2) is 11.2. The smallest absolute Gasteiger partial charge is 0.0234 e. The molecule has 1 unspecified atom stereocenters. The molecule has 0 aromatic rings. The van der Waals surface area contributed by atoms with Crippen molar-refractivity contribution in [3.8, 4) is 0 Å². The zero-order valence-corrected chi connectivity index (χ0v) is 12.0. The molecule has 0 heteroatoms. The zero-order valence-electron chi connectivity index (χ0n) is 12.0. The summed E-state index contributed by atoms with van der Waals surface area (Å²) in [6.07, 6.45) is 14.8. The van der Waals surface area contributed by atoms with Crippen LogP contribution in [0.2, 0.25) is 0 Å². The molecule has 0 N–H and O–H groups in total. The molecule has 1 atom stereocenters. The van der Waals surface area contributed by atoms with Crippen LogP contribution in [0.1, 0.15) is 85.5 Å². The lowest BCUT2D eigenvalue weighted by molar-refractivity contribution is 0.540. The number of hydrogen-bond donors (Lipinski definition) is 0. The van der Waals surface area contributed by atoms with Gasteiger partial charge in [0.25, 0.3) is 0 Å². The number of allylic oxidation sites excluding steroid dienone is 2. The van der Waals surface area contributed by atoms with E-state index in [9.17, 15) is 0 Å². The van der Waals surface area contributed by atoms with Crippen LogP contribution in [0.4, 0.5) is 0 Å². The molecule has 0 nitrogen and oxygen atoms in total. The van der Waals surface area contributed by atoms with Gasteiger partial charge < -0.3 is 0 Å². The van der Waals surface area contributed by atoms with E-state index in [1.165, 1.54) is 57.8 Å². The Morgan fingerprint density at radius 1 is 0.938 bits per heavy atom. The third-order valence-corrected chi connectivity index (χ3v) is 3.54. The molecule has 0 saturated carbocycles. The molecular weight excluding hydrogens is 192 g/mol. The van der Waals surface area contributed by atoms with Crippen molar-refractivity contribution in [3.05, 3.63) is 11.6 Å². The van der Waals surface area contributed by atoms with Crippen molar-refractivity contribution < 1.29 is 0 Å². The molecule has 0 aromatic carbocycles. The van der Waals surface area contributed by atoms with Crippen LogP contribution in [0.5, 0.6) is 0 Å². The van der Waals surface area contributed by atoms with Crippen molar-refractivity contribution >= 4 is 0 Å². The van der Waals surface area contributed by atoms with Gasteiger partial charge in [-0.05, 0) is 32.1 Å². The molecule has 0 fully saturated rings.